The van der Waals surface area contributed by atoms with Gasteiger partial charge in [-0.15, -0.1) is 0 Å². The summed E-state index contributed by atoms with van der Waals surface area (Å²) in [6.45, 7) is 7.69. The topological polar surface area (TPSA) is 87.1 Å². The molecule has 6 nitrogen and oxygen atoms in total. The molecule has 0 radical (unpaired) electrons. The number of phenols is 1. The number of hydrogen-bond acceptors (Lipinski definition) is 5. The summed E-state index contributed by atoms with van der Waals surface area (Å²) in [6.07, 6.45) is 0.182. The Morgan fingerprint density at radius 3 is 2.58 bits per heavy atom. The number of amides is 1. The van der Waals surface area contributed by atoms with Crippen molar-refractivity contribution in [3.8, 4) is 11.5 Å². The molecular formula is C24H26ClNO5. The molecule has 2 aromatic rings. The van der Waals surface area contributed by atoms with Gasteiger partial charge in [-0.05, 0) is 55.2 Å². The number of carbonyl (C=O) groups excluding carboxylic acids is 2. The van der Waals surface area contributed by atoms with Crippen LogP contribution >= 0.6 is 11.6 Å². The van der Waals surface area contributed by atoms with Crippen molar-refractivity contribution in [1.29, 1.82) is 0 Å². The lowest BCUT2D eigenvalue weighted by atomic mass is 9.91. The minimum absolute atomic E-state index is 0.0335. The number of hydrogen-bond donors (Lipinski definition) is 2. The van der Waals surface area contributed by atoms with Gasteiger partial charge < -0.3 is 14.9 Å². The minimum atomic E-state index is -0.879. The number of anilines is 1. The van der Waals surface area contributed by atoms with Crippen LogP contribution in [0.15, 0.2) is 47.7 Å². The fourth-order valence-electron chi connectivity index (χ4n) is 3.76. The molecule has 0 fully saturated rings. The Labute approximate surface area is 186 Å². The molecule has 2 N–H and O–H groups in total. The molecule has 0 bridgehead atoms. The molecule has 164 valence electrons. The highest BCUT2D eigenvalue weighted by molar-refractivity contribution is 6.32. The van der Waals surface area contributed by atoms with Crippen LogP contribution in [-0.4, -0.2) is 28.5 Å². The molecule has 0 aromatic heterocycles. The third-order valence-corrected chi connectivity index (χ3v) is 5.61. The van der Waals surface area contributed by atoms with E-state index in [1.807, 2.05) is 13.8 Å². The molecule has 1 aliphatic rings. The van der Waals surface area contributed by atoms with Gasteiger partial charge in [0, 0.05) is 17.1 Å². The number of carbonyl (C=O) groups is 2. The van der Waals surface area contributed by atoms with Crippen LogP contribution in [0.4, 0.5) is 5.69 Å². The van der Waals surface area contributed by atoms with Gasteiger partial charge in [0.1, 0.15) is 0 Å². The fourth-order valence-corrected chi connectivity index (χ4v) is 3.93. The molecule has 1 amide bonds. The molecule has 31 heavy (non-hydrogen) atoms. The van der Waals surface area contributed by atoms with E-state index >= 15 is 0 Å². The number of halogens is 1. The average molecular weight is 444 g/mol. The average Bonchev–Trinajstić information content (AvgIpc) is 2.96. The lowest BCUT2D eigenvalue weighted by Crippen LogP contribution is -2.31. The van der Waals surface area contributed by atoms with E-state index in [-0.39, 0.29) is 35.2 Å². The summed E-state index contributed by atoms with van der Waals surface area (Å²) in [6, 6.07) is 8.92. The smallest absolute Gasteiger partial charge is 0.294 e. The van der Waals surface area contributed by atoms with Gasteiger partial charge in [0.2, 0.25) is 0 Å². The van der Waals surface area contributed by atoms with Gasteiger partial charge in [-0.3, -0.25) is 14.5 Å². The van der Waals surface area contributed by atoms with Gasteiger partial charge in [0.05, 0.1) is 18.2 Å². The van der Waals surface area contributed by atoms with E-state index in [2.05, 4.69) is 0 Å². The third-order valence-electron chi connectivity index (χ3n) is 5.20. The second-order valence-corrected chi connectivity index (χ2v) is 8.31. The molecule has 1 unspecified atom stereocenters. The zero-order valence-corrected chi connectivity index (χ0v) is 18.7. The summed E-state index contributed by atoms with van der Waals surface area (Å²) in [7, 11) is 0. The van der Waals surface area contributed by atoms with Crippen LogP contribution in [0.25, 0.3) is 0 Å². The molecule has 2 aromatic carbocycles. The van der Waals surface area contributed by atoms with Crippen LogP contribution in [0, 0.1) is 12.8 Å². The third kappa shape index (κ3) is 4.26. The van der Waals surface area contributed by atoms with Gasteiger partial charge in [-0.1, -0.05) is 37.6 Å². The van der Waals surface area contributed by atoms with E-state index in [0.29, 0.717) is 28.4 Å². The molecule has 1 atom stereocenters. The van der Waals surface area contributed by atoms with Gasteiger partial charge in [0.25, 0.3) is 5.91 Å². The Morgan fingerprint density at radius 2 is 1.94 bits per heavy atom. The molecule has 1 heterocycles. The Hall–Kier alpha value is -2.99. The number of phenolic OH excluding ortho intramolecular Hbond substituents is 1. The maximum absolute atomic E-state index is 13.2. The van der Waals surface area contributed by atoms with Crippen molar-refractivity contribution in [1.82, 2.24) is 0 Å². The summed E-state index contributed by atoms with van der Waals surface area (Å²) in [4.78, 5) is 27.7. The van der Waals surface area contributed by atoms with Crippen molar-refractivity contribution in [3.05, 3.63) is 63.9 Å². The van der Waals surface area contributed by atoms with Crippen LogP contribution in [0.2, 0.25) is 5.02 Å². The Morgan fingerprint density at radius 1 is 1.23 bits per heavy atom. The maximum atomic E-state index is 13.2. The predicted molar refractivity (Wildman–Crippen MR) is 120 cm³/mol. The first-order valence-electron chi connectivity index (χ1n) is 10.2. The van der Waals surface area contributed by atoms with Crippen molar-refractivity contribution in [2.75, 3.05) is 11.5 Å². The van der Waals surface area contributed by atoms with Crippen molar-refractivity contribution in [2.45, 2.75) is 40.2 Å². The Bertz CT molecular complexity index is 1060. The standard InChI is InChI=1S/C24H26ClNO5/c1-5-31-20-12-15(9-10-18(20)27)22-21(19(28)11-13(2)3)23(29)24(30)26(22)17-8-6-7-16(25)14(17)4/h6-10,12-13,22,27,29H,5,11H2,1-4H3. The quantitative estimate of drug-likeness (QED) is 0.608. The van der Waals surface area contributed by atoms with Crippen molar-refractivity contribution in [2.24, 2.45) is 5.92 Å². The van der Waals surface area contributed by atoms with Gasteiger partial charge in [-0.25, -0.2) is 0 Å². The normalized spacial score (nSPS) is 16.4. The lowest BCUT2D eigenvalue weighted by Gasteiger charge is -2.29. The molecular weight excluding hydrogens is 418 g/mol. The second kappa shape index (κ2) is 9.02. The number of rotatable bonds is 7. The predicted octanol–water partition coefficient (Wildman–Crippen LogP) is 5.27. The van der Waals surface area contributed by atoms with Crippen LogP contribution in [0.1, 0.15) is 44.4 Å². The first-order chi connectivity index (χ1) is 14.7. The fraction of sp³-hybridized carbons (Fsp3) is 0.333. The van der Waals surface area contributed by atoms with Crippen molar-refractivity contribution in [3.63, 3.8) is 0 Å². The summed E-state index contributed by atoms with van der Waals surface area (Å²) in [5.41, 5.74) is 1.71. The molecule has 0 spiro atoms. The highest BCUT2D eigenvalue weighted by Crippen LogP contribution is 2.45. The van der Waals surface area contributed by atoms with Gasteiger partial charge in [-0.2, -0.15) is 0 Å². The zero-order valence-electron chi connectivity index (χ0n) is 18.0. The highest BCUT2D eigenvalue weighted by atomic mass is 35.5. The van der Waals surface area contributed by atoms with Crippen molar-refractivity contribution >= 4 is 29.0 Å². The number of aromatic hydroxyl groups is 1. The molecule has 3 rings (SSSR count). The number of benzene rings is 2. The first-order valence-corrected chi connectivity index (χ1v) is 10.6. The van der Waals surface area contributed by atoms with Crippen LogP contribution in [-0.2, 0) is 9.59 Å². The molecule has 0 saturated heterocycles. The molecule has 7 heteroatoms. The highest BCUT2D eigenvalue weighted by Gasteiger charge is 2.45. The van der Waals surface area contributed by atoms with Gasteiger partial charge >= 0.3 is 0 Å². The van der Waals surface area contributed by atoms with Crippen LogP contribution in [0.5, 0.6) is 11.5 Å². The molecule has 0 aliphatic carbocycles. The van der Waals surface area contributed by atoms with Crippen molar-refractivity contribution < 1.29 is 24.5 Å². The maximum Gasteiger partial charge on any atom is 0.294 e. The van der Waals surface area contributed by atoms with E-state index in [4.69, 9.17) is 16.3 Å². The lowest BCUT2D eigenvalue weighted by molar-refractivity contribution is -0.118. The number of Topliss-reactive ketones (excluding diaryl/α,β-unsaturated/α-hetero) is 1. The van der Waals surface area contributed by atoms with E-state index in [1.54, 1.807) is 44.2 Å². The number of ketones is 1. The first kappa shape index (κ1) is 22.7. The number of ether oxygens (including phenoxy) is 1. The van der Waals surface area contributed by atoms with Crippen LogP contribution in [0.3, 0.4) is 0 Å². The second-order valence-electron chi connectivity index (χ2n) is 7.91. The molecule has 0 saturated carbocycles. The summed E-state index contributed by atoms with van der Waals surface area (Å²) < 4.78 is 5.50. The number of nitrogens with zero attached hydrogens (tertiary/aromatic N) is 1. The number of aliphatic hydroxyl groups is 1. The zero-order chi connectivity index (χ0) is 22.9. The van der Waals surface area contributed by atoms with E-state index in [1.165, 1.54) is 11.0 Å². The van der Waals surface area contributed by atoms with E-state index in [0.717, 1.165) is 0 Å². The van der Waals surface area contributed by atoms with E-state index < -0.39 is 17.7 Å². The van der Waals surface area contributed by atoms with Gasteiger partial charge in [0.15, 0.2) is 23.0 Å². The SMILES string of the molecule is CCOc1cc(C2C(C(=O)CC(C)C)=C(O)C(=O)N2c2cccc(Cl)c2C)ccc1O. The molecule has 1 aliphatic heterocycles. The monoisotopic (exact) mass is 443 g/mol. The van der Waals surface area contributed by atoms with Crippen LogP contribution < -0.4 is 9.64 Å². The number of aliphatic hydroxyl groups excluding tert-OH is 1. The summed E-state index contributed by atoms with van der Waals surface area (Å²) in [5.74, 6) is -1.32. The summed E-state index contributed by atoms with van der Waals surface area (Å²) >= 11 is 6.29. The Kier molecular flexibility index (Phi) is 6.60. The summed E-state index contributed by atoms with van der Waals surface area (Å²) in [5, 5.41) is 21.3. The Balaban J connectivity index is 2.22. The minimum Gasteiger partial charge on any atom is -0.504 e. The van der Waals surface area contributed by atoms with E-state index in [9.17, 15) is 19.8 Å². The largest absolute Gasteiger partial charge is 0.504 e.